The molecule has 0 aromatic heterocycles. The summed E-state index contributed by atoms with van der Waals surface area (Å²) in [5, 5.41) is 0. The summed E-state index contributed by atoms with van der Waals surface area (Å²) in [6.07, 6.45) is 0.0187. The molecule has 106 valence electrons. The van der Waals surface area contributed by atoms with Crippen molar-refractivity contribution in [2.75, 3.05) is 7.11 Å². The van der Waals surface area contributed by atoms with Crippen molar-refractivity contribution in [1.82, 2.24) is 0 Å². The van der Waals surface area contributed by atoms with Gasteiger partial charge in [0.15, 0.2) is 0 Å². The Balaban J connectivity index is 2.51. The summed E-state index contributed by atoms with van der Waals surface area (Å²) in [6.45, 7) is 3.82. The summed E-state index contributed by atoms with van der Waals surface area (Å²) >= 11 is 0. The molecule has 0 saturated carbocycles. The fourth-order valence-electron chi connectivity index (χ4n) is 1.99. The van der Waals surface area contributed by atoms with Gasteiger partial charge in [-0.15, -0.1) is 0 Å². The third-order valence-electron chi connectivity index (χ3n) is 2.73. The number of hydrogen-bond acceptors (Lipinski definition) is 2. The van der Waals surface area contributed by atoms with Gasteiger partial charge in [-0.2, -0.15) is 0 Å². The third kappa shape index (κ3) is 3.07. The Bertz CT molecular complexity index is 609. The standard InChI is InChI=1S/C16H16F2O2/c1-10(2)20-13-6-4-5-11(7-13)16-14(18)8-12(17)9-15(16)19-3/h4-10H,1-3H3. The van der Waals surface area contributed by atoms with Gasteiger partial charge in [0.1, 0.15) is 23.1 Å². The summed E-state index contributed by atoms with van der Waals surface area (Å²) in [6, 6.07) is 8.99. The van der Waals surface area contributed by atoms with E-state index in [4.69, 9.17) is 9.47 Å². The maximum atomic E-state index is 14.0. The van der Waals surface area contributed by atoms with Crippen molar-refractivity contribution in [2.45, 2.75) is 20.0 Å². The van der Waals surface area contributed by atoms with Gasteiger partial charge in [-0.1, -0.05) is 12.1 Å². The van der Waals surface area contributed by atoms with Crippen molar-refractivity contribution in [3.8, 4) is 22.6 Å². The molecule has 0 N–H and O–H groups in total. The Morgan fingerprint density at radius 1 is 1.05 bits per heavy atom. The van der Waals surface area contributed by atoms with E-state index in [2.05, 4.69) is 0 Å². The largest absolute Gasteiger partial charge is 0.496 e. The van der Waals surface area contributed by atoms with E-state index in [1.807, 2.05) is 13.8 Å². The maximum absolute atomic E-state index is 14.0. The molecule has 0 unspecified atom stereocenters. The zero-order valence-corrected chi connectivity index (χ0v) is 11.6. The summed E-state index contributed by atoms with van der Waals surface area (Å²) in [7, 11) is 1.38. The second-order valence-corrected chi connectivity index (χ2v) is 4.66. The van der Waals surface area contributed by atoms with E-state index < -0.39 is 11.6 Å². The van der Waals surface area contributed by atoms with Crippen LogP contribution in [0.1, 0.15) is 13.8 Å². The van der Waals surface area contributed by atoms with Gasteiger partial charge in [0.05, 0.1) is 18.8 Å². The highest BCUT2D eigenvalue weighted by atomic mass is 19.1. The molecular weight excluding hydrogens is 262 g/mol. The van der Waals surface area contributed by atoms with E-state index in [0.717, 1.165) is 12.1 Å². The van der Waals surface area contributed by atoms with Crippen LogP contribution >= 0.6 is 0 Å². The fraction of sp³-hybridized carbons (Fsp3) is 0.250. The monoisotopic (exact) mass is 278 g/mol. The second-order valence-electron chi connectivity index (χ2n) is 4.66. The molecule has 0 aliphatic carbocycles. The van der Waals surface area contributed by atoms with Crippen LogP contribution in [0.2, 0.25) is 0 Å². The third-order valence-corrected chi connectivity index (χ3v) is 2.73. The van der Waals surface area contributed by atoms with Crippen LogP contribution in [0.15, 0.2) is 36.4 Å². The minimum Gasteiger partial charge on any atom is -0.496 e. The first kappa shape index (κ1) is 14.3. The lowest BCUT2D eigenvalue weighted by Gasteiger charge is -2.13. The van der Waals surface area contributed by atoms with Gasteiger partial charge < -0.3 is 9.47 Å². The number of methoxy groups -OCH3 is 1. The molecule has 2 nitrogen and oxygen atoms in total. The van der Waals surface area contributed by atoms with Crippen LogP contribution in [0.3, 0.4) is 0 Å². The highest BCUT2D eigenvalue weighted by molar-refractivity contribution is 5.72. The first-order valence-corrected chi connectivity index (χ1v) is 6.31. The first-order chi connectivity index (χ1) is 9.51. The van der Waals surface area contributed by atoms with E-state index in [1.54, 1.807) is 24.3 Å². The molecule has 2 rings (SSSR count). The summed E-state index contributed by atoms with van der Waals surface area (Å²) in [5.74, 6) is -0.547. The molecule has 0 aliphatic rings. The van der Waals surface area contributed by atoms with Crippen molar-refractivity contribution in [3.63, 3.8) is 0 Å². The summed E-state index contributed by atoms with van der Waals surface area (Å²) < 4.78 is 37.9. The average molecular weight is 278 g/mol. The summed E-state index contributed by atoms with van der Waals surface area (Å²) in [5.41, 5.74) is 0.806. The van der Waals surface area contributed by atoms with Crippen LogP contribution in [0.4, 0.5) is 8.78 Å². The van der Waals surface area contributed by atoms with E-state index in [9.17, 15) is 8.78 Å². The molecule has 0 fully saturated rings. The molecule has 20 heavy (non-hydrogen) atoms. The Labute approximate surface area is 117 Å². The van der Waals surface area contributed by atoms with Gasteiger partial charge in [-0.3, -0.25) is 0 Å². The molecule has 2 aromatic rings. The zero-order valence-electron chi connectivity index (χ0n) is 11.6. The Hall–Kier alpha value is -2.10. The van der Waals surface area contributed by atoms with Crippen LogP contribution in [-0.4, -0.2) is 13.2 Å². The topological polar surface area (TPSA) is 18.5 Å². The lowest BCUT2D eigenvalue weighted by atomic mass is 10.0. The SMILES string of the molecule is COc1cc(F)cc(F)c1-c1cccc(OC(C)C)c1. The van der Waals surface area contributed by atoms with Gasteiger partial charge in [0.2, 0.25) is 0 Å². The first-order valence-electron chi connectivity index (χ1n) is 6.31. The molecule has 0 spiro atoms. The summed E-state index contributed by atoms with van der Waals surface area (Å²) in [4.78, 5) is 0. The maximum Gasteiger partial charge on any atom is 0.137 e. The van der Waals surface area contributed by atoms with E-state index in [1.165, 1.54) is 7.11 Å². The van der Waals surface area contributed by atoms with Crippen molar-refractivity contribution in [2.24, 2.45) is 0 Å². The number of hydrogen-bond donors (Lipinski definition) is 0. The van der Waals surface area contributed by atoms with Gasteiger partial charge in [-0.05, 0) is 31.5 Å². The van der Waals surface area contributed by atoms with Gasteiger partial charge >= 0.3 is 0 Å². The van der Waals surface area contributed by atoms with Gasteiger partial charge in [-0.25, -0.2) is 8.78 Å². The normalized spacial score (nSPS) is 10.7. The van der Waals surface area contributed by atoms with Crippen LogP contribution in [0.25, 0.3) is 11.1 Å². The van der Waals surface area contributed by atoms with Crippen LogP contribution < -0.4 is 9.47 Å². The smallest absolute Gasteiger partial charge is 0.137 e. The number of benzene rings is 2. The fourth-order valence-corrected chi connectivity index (χ4v) is 1.99. The van der Waals surface area contributed by atoms with Crippen LogP contribution in [-0.2, 0) is 0 Å². The quantitative estimate of drug-likeness (QED) is 0.823. The number of rotatable bonds is 4. The lowest BCUT2D eigenvalue weighted by molar-refractivity contribution is 0.242. The highest BCUT2D eigenvalue weighted by Gasteiger charge is 2.15. The van der Waals surface area contributed by atoms with Crippen molar-refractivity contribution in [1.29, 1.82) is 0 Å². The predicted octanol–water partition coefficient (Wildman–Crippen LogP) is 4.43. The molecule has 0 saturated heterocycles. The Morgan fingerprint density at radius 2 is 1.80 bits per heavy atom. The molecule has 0 aliphatic heterocycles. The van der Waals surface area contributed by atoms with Crippen molar-refractivity contribution in [3.05, 3.63) is 48.0 Å². The minimum absolute atomic E-state index is 0.0187. The molecule has 0 radical (unpaired) electrons. The van der Waals surface area contributed by atoms with Gasteiger partial charge in [0.25, 0.3) is 0 Å². The lowest BCUT2D eigenvalue weighted by Crippen LogP contribution is -2.05. The van der Waals surface area contributed by atoms with Crippen LogP contribution in [0.5, 0.6) is 11.5 Å². The van der Waals surface area contributed by atoms with Crippen molar-refractivity contribution < 1.29 is 18.3 Å². The molecular formula is C16H16F2O2. The molecule has 2 aromatic carbocycles. The second kappa shape index (κ2) is 5.90. The van der Waals surface area contributed by atoms with Gasteiger partial charge in [0, 0.05) is 12.1 Å². The highest BCUT2D eigenvalue weighted by Crippen LogP contribution is 2.35. The minimum atomic E-state index is -0.669. The molecule has 0 heterocycles. The molecule has 0 amide bonds. The zero-order chi connectivity index (χ0) is 14.7. The predicted molar refractivity (Wildman–Crippen MR) is 74.1 cm³/mol. The van der Waals surface area contributed by atoms with E-state index in [0.29, 0.717) is 11.3 Å². The molecule has 4 heteroatoms. The van der Waals surface area contributed by atoms with E-state index >= 15 is 0 Å². The van der Waals surface area contributed by atoms with E-state index in [-0.39, 0.29) is 17.4 Å². The van der Waals surface area contributed by atoms with Crippen molar-refractivity contribution >= 4 is 0 Å². The Kier molecular flexibility index (Phi) is 4.23. The number of ether oxygens (including phenoxy) is 2. The number of halogens is 2. The average Bonchev–Trinajstić information content (AvgIpc) is 2.37. The molecule has 0 bridgehead atoms. The van der Waals surface area contributed by atoms with Crippen LogP contribution in [0, 0.1) is 11.6 Å². The Morgan fingerprint density at radius 3 is 2.45 bits per heavy atom. The molecule has 0 atom stereocenters.